The molecule has 4 aromatic carbocycles. The third kappa shape index (κ3) is 29.9. The first-order valence-electron chi connectivity index (χ1n) is 35.6. The topological polar surface area (TPSA) is 206 Å². The van der Waals surface area contributed by atoms with Crippen molar-refractivity contribution in [2.45, 2.75) is 247 Å². The summed E-state index contributed by atoms with van der Waals surface area (Å²) in [4.78, 5) is 74.3. The quantitative estimate of drug-likeness (QED) is 0.00960. The van der Waals surface area contributed by atoms with Crippen molar-refractivity contribution in [2.75, 3.05) is 60.0 Å². The van der Waals surface area contributed by atoms with Crippen LogP contribution in [0.25, 0.3) is 0 Å². The highest BCUT2D eigenvalue weighted by Crippen LogP contribution is 2.42. The van der Waals surface area contributed by atoms with Crippen LogP contribution in [0.3, 0.4) is 0 Å². The van der Waals surface area contributed by atoms with Gasteiger partial charge in [0, 0.05) is 38.9 Å². The number of methoxy groups -OCH3 is 1. The number of rotatable bonds is 48. The van der Waals surface area contributed by atoms with Crippen LogP contribution in [0.2, 0.25) is 0 Å². The van der Waals surface area contributed by atoms with Crippen LogP contribution in [0.4, 0.5) is 0 Å². The first-order chi connectivity index (χ1) is 46.1. The lowest BCUT2D eigenvalue weighted by Gasteiger charge is -2.25. The van der Waals surface area contributed by atoms with E-state index in [4.69, 9.17) is 42.6 Å². The molecule has 16 heteroatoms. The van der Waals surface area contributed by atoms with Crippen LogP contribution >= 0.6 is 0 Å². The van der Waals surface area contributed by atoms with Gasteiger partial charge in [0.05, 0.1) is 59.3 Å². The second-order valence-electron chi connectivity index (χ2n) is 25.4. The zero-order valence-corrected chi connectivity index (χ0v) is 58.6. The minimum absolute atomic E-state index is 0.130. The van der Waals surface area contributed by atoms with Crippen LogP contribution in [0.15, 0.2) is 61.2 Å². The molecule has 16 nitrogen and oxygen atoms in total. The number of esters is 4. The highest BCUT2D eigenvalue weighted by Gasteiger charge is 2.26. The van der Waals surface area contributed by atoms with Gasteiger partial charge < -0.3 is 47.7 Å². The smallest absolute Gasteiger partial charge is 0.330 e. The van der Waals surface area contributed by atoms with Gasteiger partial charge in [-0.1, -0.05) is 160 Å². The molecule has 8 bridgehead atoms. The number of unbranched alkanes of at least 4 members (excludes halogenated alkanes) is 12. The van der Waals surface area contributed by atoms with E-state index in [9.17, 15) is 33.9 Å². The van der Waals surface area contributed by atoms with E-state index in [-0.39, 0.29) is 57.3 Å². The zero-order chi connectivity index (χ0) is 68.6. The van der Waals surface area contributed by atoms with Crippen molar-refractivity contribution in [1.82, 2.24) is 0 Å². The van der Waals surface area contributed by atoms with E-state index in [2.05, 4.69) is 82.8 Å². The Morgan fingerprint density at radius 1 is 0.389 bits per heavy atom. The number of benzene rings is 4. The lowest BCUT2D eigenvalue weighted by molar-refractivity contribution is -0.155. The molecular weight excluding hydrogens is 1200 g/mol. The summed E-state index contributed by atoms with van der Waals surface area (Å²) in [7, 11) is 1.34. The van der Waals surface area contributed by atoms with Crippen molar-refractivity contribution >= 4 is 35.4 Å². The highest BCUT2D eigenvalue weighted by atomic mass is 16.6. The third-order valence-corrected chi connectivity index (χ3v) is 16.8. The second kappa shape index (κ2) is 45.4. The maximum Gasteiger partial charge on any atom is 0.330 e. The number of aliphatic hydroxyl groups is 1. The molecule has 1 N–H and O–H groups in total. The molecule has 95 heavy (non-hydrogen) atoms. The number of Topliss-reactive ketones (excluding diaryl/α,β-unsaturated/α-hetero) is 2. The van der Waals surface area contributed by atoms with E-state index in [1.165, 1.54) is 27.0 Å². The van der Waals surface area contributed by atoms with Crippen LogP contribution in [-0.4, -0.2) is 107 Å². The van der Waals surface area contributed by atoms with Gasteiger partial charge in [0.1, 0.15) is 47.4 Å². The molecule has 1 aliphatic rings. The van der Waals surface area contributed by atoms with Crippen LogP contribution in [0.1, 0.15) is 256 Å². The summed E-state index contributed by atoms with van der Waals surface area (Å²) >= 11 is 0. The fourth-order valence-corrected chi connectivity index (χ4v) is 12.0. The van der Waals surface area contributed by atoms with Gasteiger partial charge >= 0.3 is 23.9 Å². The highest BCUT2D eigenvalue weighted by molar-refractivity contribution is 5.94. The SMILES string of the molecule is C=CC(=O)OCCCc1cc2c(OCCCCCC)c(c1)Cc1cc(CCCOC(=O)CC(O)OC)cc(c1OCCCCCC)Cc1cc(CCCOC(=O)CC(C)=O)cc(c1OCCCCCC)Cc1cc(CCCOC(=O)CC(C)=O)cc(c1OCCCCCC)C2. The molecular formula is C79H112O16. The molecule has 5 rings (SSSR count). The number of hydrogen-bond acceptors (Lipinski definition) is 16. The first-order valence-corrected chi connectivity index (χ1v) is 35.6. The summed E-state index contributed by atoms with van der Waals surface area (Å²) in [6, 6.07) is 17.9. The number of carbonyl (C=O) groups excluding carboxylic acids is 6. The van der Waals surface area contributed by atoms with Gasteiger partial charge in [-0.05, 0) is 158 Å². The van der Waals surface area contributed by atoms with Gasteiger partial charge in [0.2, 0.25) is 0 Å². The average molecular weight is 1320 g/mol. The van der Waals surface area contributed by atoms with Crippen molar-refractivity contribution in [2.24, 2.45) is 0 Å². The molecule has 0 heterocycles. The van der Waals surface area contributed by atoms with Crippen LogP contribution in [0.5, 0.6) is 23.0 Å². The Balaban J connectivity index is 1.91. The van der Waals surface area contributed by atoms with Gasteiger partial charge in [-0.15, -0.1) is 0 Å². The number of aryl methyl sites for hydroxylation is 4. The molecule has 0 aliphatic heterocycles. The molecule has 1 aliphatic carbocycles. The standard InChI is InChI=1S/C79H112O16/c1-9-14-18-22-34-92-76-63-44-59(30-26-38-88-71(82)13-5)45-64(76)53-69-50-62(33-29-41-91-75(86)56-72(83)87-8)51-70(79(69)95-37-25-21-17-12-4)55-68-49-61(32-28-40-90-74(85)43-58(7)81)48-67(78(68)94-36-24-20-16-11-3)54-66-47-60(31-27-39-89-73(84)42-57(6)80)46-65(52-63)77(66)93-35-23-19-15-10-2/h13,44-51,72,83H,5,9-12,14-43,52-56H2,1-4,6-8H3. The van der Waals surface area contributed by atoms with Crippen LogP contribution < -0.4 is 18.9 Å². The molecule has 0 amide bonds. The average Bonchev–Trinajstić information content (AvgIpc) is 1.04. The molecule has 1 unspecified atom stereocenters. The predicted molar refractivity (Wildman–Crippen MR) is 371 cm³/mol. The van der Waals surface area contributed by atoms with E-state index in [1.54, 1.807) is 0 Å². The molecule has 0 saturated carbocycles. The summed E-state index contributed by atoms with van der Waals surface area (Å²) < 4.78 is 56.2. The number of ether oxygens (including phenoxy) is 9. The molecule has 0 radical (unpaired) electrons. The normalized spacial score (nSPS) is 12.1. The second-order valence-corrected chi connectivity index (χ2v) is 25.4. The fraction of sp³-hybridized carbons (Fsp3) is 0.595. The van der Waals surface area contributed by atoms with Gasteiger partial charge in [-0.2, -0.15) is 0 Å². The van der Waals surface area contributed by atoms with Crippen molar-refractivity contribution in [3.05, 3.63) is 128 Å². The first kappa shape index (κ1) is 78.7. The van der Waals surface area contributed by atoms with E-state index < -0.39 is 30.2 Å². The van der Waals surface area contributed by atoms with Crippen LogP contribution in [-0.2, 0) is 104 Å². The van der Waals surface area contributed by atoms with E-state index in [0.717, 1.165) is 192 Å². The fourth-order valence-electron chi connectivity index (χ4n) is 12.0. The Bertz CT molecular complexity index is 3030. The van der Waals surface area contributed by atoms with Gasteiger partial charge in [0.25, 0.3) is 0 Å². The van der Waals surface area contributed by atoms with Crippen molar-refractivity contribution < 1.29 is 76.5 Å². The lowest BCUT2D eigenvalue weighted by atomic mass is 9.87. The number of hydrogen-bond donors (Lipinski definition) is 1. The molecule has 0 aromatic heterocycles. The number of carbonyl (C=O) groups is 6. The summed E-state index contributed by atoms with van der Waals surface area (Å²) in [5.74, 6) is 0.511. The number of aliphatic hydroxyl groups excluding tert-OH is 1. The number of fused-ring (bicyclic) bond motifs is 8. The lowest BCUT2D eigenvalue weighted by Crippen LogP contribution is -2.17. The Kier molecular flexibility index (Phi) is 37.6. The predicted octanol–water partition coefficient (Wildman–Crippen LogP) is 15.6. The summed E-state index contributed by atoms with van der Waals surface area (Å²) in [5, 5.41) is 10.1. The summed E-state index contributed by atoms with van der Waals surface area (Å²) in [5.41, 5.74) is 11.8. The van der Waals surface area contributed by atoms with Gasteiger partial charge in [-0.3, -0.25) is 24.0 Å². The van der Waals surface area contributed by atoms with E-state index in [0.29, 0.717) is 103 Å². The maximum absolute atomic E-state index is 12.8. The molecule has 0 fully saturated rings. The molecule has 4 aromatic rings. The van der Waals surface area contributed by atoms with Gasteiger partial charge in [0.15, 0.2) is 6.29 Å². The Morgan fingerprint density at radius 3 is 0.895 bits per heavy atom. The minimum atomic E-state index is -1.26. The zero-order valence-electron chi connectivity index (χ0n) is 58.6. The van der Waals surface area contributed by atoms with Crippen molar-refractivity contribution in [3.63, 3.8) is 0 Å². The Labute approximate surface area is 567 Å². The Hall–Kier alpha value is -7.04. The Morgan fingerprint density at radius 2 is 0.653 bits per heavy atom. The van der Waals surface area contributed by atoms with Gasteiger partial charge in [-0.25, -0.2) is 4.79 Å². The molecule has 524 valence electrons. The van der Waals surface area contributed by atoms with Crippen molar-refractivity contribution in [1.29, 1.82) is 0 Å². The summed E-state index contributed by atoms with van der Waals surface area (Å²) in [6.07, 6.45) is 21.2. The monoisotopic (exact) mass is 1320 g/mol. The third-order valence-electron chi connectivity index (χ3n) is 16.8. The minimum Gasteiger partial charge on any atom is -0.493 e. The van der Waals surface area contributed by atoms with E-state index >= 15 is 0 Å². The summed E-state index contributed by atoms with van der Waals surface area (Å²) in [6.45, 7) is 17.8. The maximum atomic E-state index is 12.8. The van der Waals surface area contributed by atoms with E-state index in [1.807, 2.05) is 0 Å². The van der Waals surface area contributed by atoms with Crippen LogP contribution in [0, 0.1) is 0 Å². The molecule has 0 spiro atoms. The largest absolute Gasteiger partial charge is 0.493 e. The van der Waals surface area contributed by atoms with Crippen molar-refractivity contribution in [3.8, 4) is 23.0 Å². The molecule has 1 atom stereocenters. The molecule has 0 saturated heterocycles. The number of ketones is 2.